The Bertz CT molecular complexity index is 487. The van der Waals surface area contributed by atoms with Gasteiger partial charge in [0.2, 0.25) is 0 Å². The van der Waals surface area contributed by atoms with Crippen molar-refractivity contribution >= 4 is 12.1 Å². The van der Waals surface area contributed by atoms with E-state index < -0.39 is 18.1 Å². The van der Waals surface area contributed by atoms with Crippen molar-refractivity contribution < 1.29 is 19.1 Å². The van der Waals surface area contributed by atoms with Crippen LogP contribution >= 0.6 is 0 Å². The number of amides is 1. The van der Waals surface area contributed by atoms with Crippen LogP contribution in [0.2, 0.25) is 0 Å². The van der Waals surface area contributed by atoms with Crippen molar-refractivity contribution in [2.24, 2.45) is 5.92 Å². The lowest BCUT2D eigenvalue weighted by Crippen LogP contribution is -2.49. The minimum absolute atomic E-state index is 0.215. The third-order valence-electron chi connectivity index (χ3n) is 3.27. The molecule has 0 saturated heterocycles. The van der Waals surface area contributed by atoms with Gasteiger partial charge in [-0.2, -0.15) is 0 Å². The average Bonchev–Trinajstić information content (AvgIpc) is 2.52. The van der Waals surface area contributed by atoms with Crippen LogP contribution in [0.25, 0.3) is 0 Å². The zero-order valence-corrected chi connectivity index (χ0v) is 14.5. The molecular formula is C18H27NO4. The summed E-state index contributed by atoms with van der Waals surface area (Å²) in [6.07, 6.45) is -0.0687. The van der Waals surface area contributed by atoms with E-state index in [2.05, 4.69) is 0 Å². The SMILES string of the molecule is CCOC(=O)[C@H](Cc1ccccc1)N(CC(C)C)C(=O)OCC. The number of hydrogen-bond donors (Lipinski definition) is 0. The maximum atomic E-state index is 12.4. The highest BCUT2D eigenvalue weighted by Gasteiger charge is 2.32. The summed E-state index contributed by atoms with van der Waals surface area (Å²) in [5.74, 6) is -0.183. The molecule has 0 saturated carbocycles. The van der Waals surface area contributed by atoms with Gasteiger partial charge in [-0.25, -0.2) is 9.59 Å². The fourth-order valence-corrected chi connectivity index (χ4v) is 2.33. The Morgan fingerprint density at radius 1 is 1.04 bits per heavy atom. The van der Waals surface area contributed by atoms with E-state index in [1.165, 1.54) is 4.90 Å². The third-order valence-corrected chi connectivity index (χ3v) is 3.27. The van der Waals surface area contributed by atoms with Gasteiger partial charge in [0, 0.05) is 13.0 Å². The van der Waals surface area contributed by atoms with Crippen molar-refractivity contribution in [2.75, 3.05) is 19.8 Å². The highest BCUT2D eigenvalue weighted by atomic mass is 16.6. The zero-order valence-electron chi connectivity index (χ0n) is 14.5. The maximum absolute atomic E-state index is 12.4. The largest absolute Gasteiger partial charge is 0.464 e. The lowest BCUT2D eigenvalue weighted by atomic mass is 10.0. The van der Waals surface area contributed by atoms with Gasteiger partial charge < -0.3 is 9.47 Å². The van der Waals surface area contributed by atoms with Crippen molar-refractivity contribution in [3.63, 3.8) is 0 Å². The predicted molar refractivity (Wildman–Crippen MR) is 89.1 cm³/mol. The van der Waals surface area contributed by atoms with Crippen molar-refractivity contribution in [1.29, 1.82) is 0 Å². The molecule has 0 bridgehead atoms. The average molecular weight is 321 g/mol. The number of benzene rings is 1. The summed E-state index contributed by atoms with van der Waals surface area (Å²) in [6, 6.07) is 8.93. The Morgan fingerprint density at radius 2 is 1.65 bits per heavy atom. The van der Waals surface area contributed by atoms with Crippen LogP contribution in [0.5, 0.6) is 0 Å². The minimum atomic E-state index is -0.682. The fourth-order valence-electron chi connectivity index (χ4n) is 2.33. The molecule has 0 spiro atoms. The van der Waals surface area contributed by atoms with Gasteiger partial charge in [-0.15, -0.1) is 0 Å². The van der Waals surface area contributed by atoms with Gasteiger partial charge in [0.1, 0.15) is 6.04 Å². The van der Waals surface area contributed by atoms with Gasteiger partial charge in [-0.05, 0) is 25.3 Å². The lowest BCUT2D eigenvalue weighted by Gasteiger charge is -2.30. The molecule has 1 amide bonds. The van der Waals surface area contributed by atoms with E-state index in [0.717, 1.165) is 5.56 Å². The van der Waals surface area contributed by atoms with Crippen LogP contribution in [-0.2, 0) is 20.7 Å². The molecule has 0 fully saturated rings. The summed E-state index contributed by atoms with van der Waals surface area (Å²) < 4.78 is 10.3. The van der Waals surface area contributed by atoms with E-state index >= 15 is 0 Å². The molecule has 5 heteroatoms. The smallest absolute Gasteiger partial charge is 0.410 e. The molecule has 0 aromatic heterocycles. The van der Waals surface area contributed by atoms with Crippen LogP contribution in [0.3, 0.4) is 0 Å². The third kappa shape index (κ3) is 6.30. The summed E-state index contributed by atoms with van der Waals surface area (Å²) in [5.41, 5.74) is 0.976. The quantitative estimate of drug-likeness (QED) is 0.690. The summed E-state index contributed by atoms with van der Waals surface area (Å²) in [5, 5.41) is 0. The second-order valence-electron chi connectivity index (χ2n) is 5.70. The first kappa shape index (κ1) is 19.0. The maximum Gasteiger partial charge on any atom is 0.410 e. The normalized spacial score (nSPS) is 11.9. The van der Waals surface area contributed by atoms with Gasteiger partial charge in [0.15, 0.2) is 0 Å². The van der Waals surface area contributed by atoms with Gasteiger partial charge in [0.25, 0.3) is 0 Å². The molecular weight excluding hydrogens is 294 g/mol. The van der Waals surface area contributed by atoms with E-state index in [1.54, 1.807) is 13.8 Å². The molecule has 0 heterocycles. The molecule has 5 nitrogen and oxygen atoms in total. The zero-order chi connectivity index (χ0) is 17.2. The van der Waals surface area contributed by atoms with Gasteiger partial charge >= 0.3 is 12.1 Å². The Morgan fingerprint density at radius 3 is 2.17 bits per heavy atom. The molecule has 0 aliphatic rings. The minimum Gasteiger partial charge on any atom is -0.464 e. The van der Waals surface area contributed by atoms with Gasteiger partial charge in [-0.3, -0.25) is 4.90 Å². The molecule has 1 rings (SSSR count). The number of nitrogens with zero attached hydrogens (tertiary/aromatic N) is 1. The Kier molecular flexibility index (Phi) is 8.16. The topological polar surface area (TPSA) is 55.8 Å². The van der Waals surface area contributed by atoms with E-state index in [4.69, 9.17) is 9.47 Å². The highest BCUT2D eigenvalue weighted by Crippen LogP contribution is 2.15. The first-order valence-electron chi connectivity index (χ1n) is 8.13. The van der Waals surface area contributed by atoms with Crippen LogP contribution in [0.1, 0.15) is 33.3 Å². The second-order valence-corrected chi connectivity index (χ2v) is 5.70. The number of carbonyl (C=O) groups is 2. The van der Waals surface area contributed by atoms with Crippen LogP contribution in [0, 0.1) is 5.92 Å². The number of esters is 1. The van der Waals surface area contributed by atoms with Crippen molar-refractivity contribution in [3.8, 4) is 0 Å². The lowest BCUT2D eigenvalue weighted by molar-refractivity contribution is -0.149. The number of ether oxygens (including phenoxy) is 2. The standard InChI is InChI=1S/C18H27NO4/c1-5-22-17(20)16(12-15-10-8-7-9-11-15)19(13-14(3)4)18(21)23-6-2/h7-11,14,16H,5-6,12-13H2,1-4H3/t16-/m0/s1. The van der Waals surface area contributed by atoms with Gasteiger partial charge in [-0.1, -0.05) is 44.2 Å². The van der Waals surface area contributed by atoms with Gasteiger partial charge in [0.05, 0.1) is 13.2 Å². The highest BCUT2D eigenvalue weighted by molar-refractivity contribution is 5.81. The summed E-state index contributed by atoms with van der Waals surface area (Å²) in [4.78, 5) is 26.2. The van der Waals surface area contributed by atoms with Crippen molar-refractivity contribution in [1.82, 2.24) is 4.90 Å². The number of hydrogen-bond acceptors (Lipinski definition) is 4. The van der Waals surface area contributed by atoms with Crippen LogP contribution in [-0.4, -0.2) is 42.8 Å². The van der Waals surface area contributed by atoms with E-state index in [1.807, 2.05) is 44.2 Å². The number of rotatable bonds is 8. The molecule has 23 heavy (non-hydrogen) atoms. The molecule has 1 aromatic carbocycles. The summed E-state index contributed by atoms with van der Waals surface area (Å²) in [7, 11) is 0. The van der Waals surface area contributed by atoms with Crippen LogP contribution < -0.4 is 0 Å². The Balaban J connectivity index is 3.05. The molecule has 0 aliphatic heterocycles. The second kappa shape index (κ2) is 9.87. The molecule has 0 radical (unpaired) electrons. The summed E-state index contributed by atoms with van der Waals surface area (Å²) in [6.45, 7) is 8.50. The molecule has 0 unspecified atom stereocenters. The molecule has 0 N–H and O–H groups in total. The Hall–Kier alpha value is -2.04. The first-order valence-corrected chi connectivity index (χ1v) is 8.13. The van der Waals surface area contributed by atoms with E-state index in [0.29, 0.717) is 13.0 Å². The monoisotopic (exact) mass is 321 g/mol. The predicted octanol–water partition coefficient (Wildman–Crippen LogP) is 3.28. The van der Waals surface area contributed by atoms with Crippen LogP contribution in [0.4, 0.5) is 4.79 Å². The molecule has 128 valence electrons. The molecule has 0 aliphatic carbocycles. The van der Waals surface area contributed by atoms with Crippen molar-refractivity contribution in [2.45, 2.75) is 40.2 Å². The van der Waals surface area contributed by atoms with E-state index in [9.17, 15) is 9.59 Å². The molecule has 1 atom stereocenters. The number of carbonyl (C=O) groups excluding carboxylic acids is 2. The fraction of sp³-hybridized carbons (Fsp3) is 0.556. The summed E-state index contributed by atoms with van der Waals surface area (Å²) >= 11 is 0. The first-order chi connectivity index (χ1) is 11.0. The van der Waals surface area contributed by atoms with E-state index in [-0.39, 0.29) is 19.1 Å². The Labute approximate surface area is 138 Å². The molecule has 1 aromatic rings. The van der Waals surface area contributed by atoms with Crippen LogP contribution in [0.15, 0.2) is 30.3 Å². The van der Waals surface area contributed by atoms with Crippen molar-refractivity contribution in [3.05, 3.63) is 35.9 Å².